The molecule has 1 fully saturated rings. The zero-order valence-corrected chi connectivity index (χ0v) is 12.0. The van der Waals surface area contributed by atoms with Crippen LogP contribution in [0, 0.1) is 5.41 Å². The molecule has 0 saturated heterocycles. The van der Waals surface area contributed by atoms with Crippen LogP contribution in [0.5, 0.6) is 0 Å². The fourth-order valence-electron chi connectivity index (χ4n) is 2.65. The Hall–Kier alpha value is -1.39. The van der Waals surface area contributed by atoms with Crippen molar-refractivity contribution < 1.29 is 14.6 Å². The average Bonchev–Trinajstić information content (AvgIpc) is 2.42. The second-order valence-corrected chi connectivity index (χ2v) is 5.71. The number of hydrogen-bond donors (Lipinski definition) is 2. The van der Waals surface area contributed by atoms with Gasteiger partial charge >= 0.3 is 0 Å². The molecule has 0 bridgehead atoms. The molecular formula is C16H23NO3. The first-order chi connectivity index (χ1) is 9.67. The highest BCUT2D eigenvalue weighted by atomic mass is 16.5. The molecule has 0 spiro atoms. The summed E-state index contributed by atoms with van der Waals surface area (Å²) in [5.41, 5.74) is 1.99. The van der Waals surface area contributed by atoms with Crippen molar-refractivity contribution in [3.8, 4) is 0 Å². The molecule has 4 heteroatoms. The largest absolute Gasteiger partial charge is 0.392 e. The van der Waals surface area contributed by atoms with E-state index in [1.165, 1.54) is 6.42 Å². The van der Waals surface area contributed by atoms with Gasteiger partial charge < -0.3 is 15.2 Å². The van der Waals surface area contributed by atoms with E-state index in [0.717, 1.165) is 30.6 Å². The third-order valence-corrected chi connectivity index (χ3v) is 4.10. The zero-order valence-electron chi connectivity index (χ0n) is 12.0. The highest BCUT2D eigenvalue weighted by Crippen LogP contribution is 2.40. The van der Waals surface area contributed by atoms with Crippen LogP contribution >= 0.6 is 0 Å². The number of carbonyl (C=O) groups excluding carboxylic acids is 1. The van der Waals surface area contributed by atoms with E-state index in [0.29, 0.717) is 13.0 Å². The van der Waals surface area contributed by atoms with Gasteiger partial charge in [0.25, 0.3) is 0 Å². The molecule has 1 aliphatic carbocycles. The standard InChI is InChI=1S/C16H23NO3/c1-20-12-16(7-2-8-16)11-17-15(19)9-13-3-5-14(10-18)6-4-13/h3-6,18H,2,7-12H2,1H3,(H,17,19). The lowest BCUT2D eigenvalue weighted by atomic mass is 9.69. The minimum Gasteiger partial charge on any atom is -0.392 e. The van der Waals surface area contributed by atoms with Crippen LogP contribution in [0.25, 0.3) is 0 Å². The van der Waals surface area contributed by atoms with Crippen LogP contribution in [0.3, 0.4) is 0 Å². The number of amides is 1. The molecular weight excluding hydrogens is 254 g/mol. The molecule has 1 aromatic rings. The molecule has 0 radical (unpaired) electrons. The van der Waals surface area contributed by atoms with Gasteiger partial charge in [-0.2, -0.15) is 0 Å². The minimum absolute atomic E-state index is 0.0337. The Morgan fingerprint density at radius 1 is 1.30 bits per heavy atom. The van der Waals surface area contributed by atoms with Gasteiger partial charge in [0.1, 0.15) is 0 Å². The SMILES string of the molecule is COCC1(CNC(=O)Cc2ccc(CO)cc2)CCC1. The monoisotopic (exact) mass is 277 g/mol. The van der Waals surface area contributed by atoms with Gasteiger partial charge in [0, 0.05) is 19.1 Å². The number of hydrogen-bond acceptors (Lipinski definition) is 3. The zero-order chi connectivity index (χ0) is 14.4. The number of aliphatic hydroxyl groups excluding tert-OH is 1. The summed E-state index contributed by atoms with van der Waals surface area (Å²) in [6.45, 7) is 1.46. The molecule has 0 aliphatic heterocycles. The molecule has 2 rings (SSSR count). The van der Waals surface area contributed by atoms with Gasteiger partial charge in [-0.3, -0.25) is 4.79 Å². The Morgan fingerprint density at radius 3 is 2.45 bits per heavy atom. The molecule has 110 valence electrons. The lowest BCUT2D eigenvalue weighted by Gasteiger charge is -2.41. The number of carbonyl (C=O) groups is 1. The van der Waals surface area contributed by atoms with Crippen molar-refractivity contribution in [3.05, 3.63) is 35.4 Å². The van der Waals surface area contributed by atoms with Crippen LogP contribution in [0.1, 0.15) is 30.4 Å². The van der Waals surface area contributed by atoms with Crippen LogP contribution in [0.2, 0.25) is 0 Å². The summed E-state index contributed by atoms with van der Waals surface area (Å²) in [7, 11) is 1.71. The van der Waals surface area contributed by atoms with Gasteiger partial charge in [0.05, 0.1) is 19.6 Å². The van der Waals surface area contributed by atoms with E-state index in [-0.39, 0.29) is 17.9 Å². The highest BCUT2D eigenvalue weighted by Gasteiger charge is 2.37. The number of aliphatic hydroxyl groups is 1. The van der Waals surface area contributed by atoms with Crippen molar-refractivity contribution in [1.29, 1.82) is 0 Å². The summed E-state index contributed by atoms with van der Waals surface area (Å²) in [6.07, 6.45) is 3.87. The van der Waals surface area contributed by atoms with Gasteiger partial charge in [-0.05, 0) is 24.0 Å². The van der Waals surface area contributed by atoms with Gasteiger partial charge in [0.15, 0.2) is 0 Å². The average molecular weight is 277 g/mol. The summed E-state index contributed by atoms with van der Waals surface area (Å²) in [6, 6.07) is 7.47. The Balaban J connectivity index is 1.79. The minimum atomic E-state index is 0.0337. The van der Waals surface area contributed by atoms with E-state index >= 15 is 0 Å². The first-order valence-corrected chi connectivity index (χ1v) is 7.12. The van der Waals surface area contributed by atoms with Crippen molar-refractivity contribution in [3.63, 3.8) is 0 Å². The summed E-state index contributed by atoms with van der Waals surface area (Å²) < 4.78 is 5.25. The molecule has 0 aromatic heterocycles. The fourth-order valence-corrected chi connectivity index (χ4v) is 2.65. The summed E-state index contributed by atoms with van der Waals surface area (Å²) in [5, 5.41) is 12.0. The molecule has 4 nitrogen and oxygen atoms in total. The summed E-state index contributed by atoms with van der Waals surface area (Å²) in [4.78, 5) is 12.0. The summed E-state index contributed by atoms with van der Waals surface area (Å²) in [5.74, 6) is 0.0455. The van der Waals surface area contributed by atoms with Crippen LogP contribution < -0.4 is 5.32 Å². The lowest BCUT2D eigenvalue weighted by molar-refractivity contribution is -0.121. The number of benzene rings is 1. The van der Waals surface area contributed by atoms with Crippen molar-refractivity contribution in [2.75, 3.05) is 20.3 Å². The highest BCUT2D eigenvalue weighted by molar-refractivity contribution is 5.78. The molecule has 1 aromatic carbocycles. The van der Waals surface area contributed by atoms with E-state index < -0.39 is 0 Å². The van der Waals surface area contributed by atoms with Gasteiger partial charge in [-0.25, -0.2) is 0 Å². The molecule has 2 N–H and O–H groups in total. The quantitative estimate of drug-likeness (QED) is 0.797. The van der Waals surface area contributed by atoms with Gasteiger partial charge in [-0.1, -0.05) is 30.7 Å². The van der Waals surface area contributed by atoms with E-state index in [1.807, 2.05) is 24.3 Å². The maximum atomic E-state index is 12.0. The van der Waals surface area contributed by atoms with Gasteiger partial charge in [0.2, 0.25) is 5.91 Å². The van der Waals surface area contributed by atoms with E-state index in [9.17, 15) is 4.79 Å². The third-order valence-electron chi connectivity index (χ3n) is 4.10. The molecule has 0 atom stereocenters. The van der Waals surface area contributed by atoms with Crippen LogP contribution in [-0.2, 0) is 22.6 Å². The van der Waals surface area contributed by atoms with Gasteiger partial charge in [-0.15, -0.1) is 0 Å². The predicted octanol–water partition coefficient (Wildman–Crippen LogP) is 1.65. The molecule has 20 heavy (non-hydrogen) atoms. The van der Waals surface area contributed by atoms with E-state index in [4.69, 9.17) is 9.84 Å². The van der Waals surface area contributed by atoms with Crippen molar-refractivity contribution in [2.24, 2.45) is 5.41 Å². The lowest BCUT2D eigenvalue weighted by Crippen LogP contribution is -2.45. The van der Waals surface area contributed by atoms with Crippen LogP contribution in [-0.4, -0.2) is 31.3 Å². The first kappa shape index (κ1) is 15.0. The Labute approximate surface area is 120 Å². The Morgan fingerprint density at radius 2 is 1.95 bits per heavy atom. The molecule has 1 saturated carbocycles. The van der Waals surface area contributed by atoms with Crippen molar-refractivity contribution in [1.82, 2.24) is 5.32 Å². The second kappa shape index (κ2) is 6.86. The predicted molar refractivity (Wildman–Crippen MR) is 77.2 cm³/mol. The van der Waals surface area contributed by atoms with E-state index in [1.54, 1.807) is 7.11 Å². The number of rotatable bonds is 7. The maximum absolute atomic E-state index is 12.0. The molecule has 1 aliphatic rings. The Bertz CT molecular complexity index is 438. The van der Waals surface area contributed by atoms with Crippen molar-refractivity contribution in [2.45, 2.75) is 32.3 Å². The van der Waals surface area contributed by atoms with Crippen molar-refractivity contribution >= 4 is 5.91 Å². The topological polar surface area (TPSA) is 58.6 Å². The van der Waals surface area contributed by atoms with Crippen LogP contribution in [0.4, 0.5) is 0 Å². The maximum Gasteiger partial charge on any atom is 0.224 e. The van der Waals surface area contributed by atoms with Crippen LogP contribution in [0.15, 0.2) is 24.3 Å². The molecule has 1 amide bonds. The number of methoxy groups -OCH3 is 1. The molecule has 0 unspecified atom stereocenters. The van der Waals surface area contributed by atoms with E-state index in [2.05, 4.69) is 5.32 Å². The third kappa shape index (κ3) is 3.81. The number of nitrogens with one attached hydrogen (secondary N) is 1. The first-order valence-electron chi connectivity index (χ1n) is 7.12. The number of ether oxygens (including phenoxy) is 1. The normalized spacial score (nSPS) is 16.5. The smallest absolute Gasteiger partial charge is 0.224 e. The fraction of sp³-hybridized carbons (Fsp3) is 0.562. The molecule has 0 heterocycles. The second-order valence-electron chi connectivity index (χ2n) is 5.71. The Kier molecular flexibility index (Phi) is 5.15. The summed E-state index contributed by atoms with van der Waals surface area (Å²) >= 11 is 0.